The smallest absolute Gasteiger partial charge is 0.139 e. The Bertz CT molecular complexity index is 203. The third-order valence-electron chi connectivity index (χ3n) is 2.69. The summed E-state index contributed by atoms with van der Waals surface area (Å²) in [5.74, 6) is 2.25. The molecule has 1 N–H and O–H groups in total. The van der Waals surface area contributed by atoms with Crippen LogP contribution in [0.25, 0.3) is 0 Å². The van der Waals surface area contributed by atoms with E-state index in [2.05, 4.69) is 0 Å². The van der Waals surface area contributed by atoms with Gasteiger partial charge in [-0.2, -0.15) is 23.5 Å². The number of thioether (sulfide) groups is 2. The Kier molecular flexibility index (Phi) is 7.58. The summed E-state index contributed by atoms with van der Waals surface area (Å²) in [5, 5.41) is 10.5. The molecule has 1 fully saturated rings. The fraction of sp³-hybridized carbons (Fsp3) is 0.917. The highest BCUT2D eigenvalue weighted by atomic mass is 32.2. The van der Waals surface area contributed by atoms with Gasteiger partial charge in [-0.15, -0.1) is 0 Å². The van der Waals surface area contributed by atoms with Gasteiger partial charge in [0.2, 0.25) is 0 Å². The van der Waals surface area contributed by atoms with Crippen LogP contribution >= 0.6 is 23.5 Å². The number of rotatable bonds is 7. The van der Waals surface area contributed by atoms with Crippen molar-refractivity contribution in [2.75, 3.05) is 17.3 Å². The lowest BCUT2D eigenvalue weighted by atomic mass is 10.0. The number of hydrogen-bond acceptors (Lipinski definition) is 4. The van der Waals surface area contributed by atoms with Crippen LogP contribution in [0.5, 0.6) is 0 Å². The van der Waals surface area contributed by atoms with Gasteiger partial charge in [-0.05, 0) is 19.8 Å². The summed E-state index contributed by atoms with van der Waals surface area (Å²) in [6, 6.07) is 0. The normalized spacial score (nSPS) is 19.6. The van der Waals surface area contributed by atoms with Crippen molar-refractivity contribution in [2.24, 2.45) is 0 Å². The molecule has 0 amide bonds. The molecule has 0 heterocycles. The second kappa shape index (κ2) is 8.43. The van der Waals surface area contributed by atoms with Crippen molar-refractivity contribution in [2.45, 2.75) is 50.4 Å². The summed E-state index contributed by atoms with van der Waals surface area (Å²) < 4.78 is 0. The first-order valence-corrected chi connectivity index (χ1v) is 8.25. The molecule has 0 aliphatic heterocycles. The van der Waals surface area contributed by atoms with E-state index in [9.17, 15) is 9.90 Å². The number of carbonyl (C=O) groups is 1. The van der Waals surface area contributed by atoms with Gasteiger partial charge in [-0.25, -0.2) is 0 Å². The third kappa shape index (κ3) is 6.81. The van der Waals surface area contributed by atoms with E-state index in [0.29, 0.717) is 11.5 Å². The van der Waals surface area contributed by atoms with Crippen LogP contribution in [0.15, 0.2) is 0 Å². The van der Waals surface area contributed by atoms with Crippen LogP contribution < -0.4 is 0 Å². The molecule has 1 aliphatic rings. The van der Waals surface area contributed by atoms with Gasteiger partial charge in [-0.1, -0.05) is 19.3 Å². The molecule has 16 heavy (non-hydrogen) atoms. The van der Waals surface area contributed by atoms with Crippen molar-refractivity contribution in [3.63, 3.8) is 0 Å². The Morgan fingerprint density at radius 2 is 2.00 bits per heavy atom. The van der Waals surface area contributed by atoms with Gasteiger partial charge in [0.25, 0.3) is 0 Å². The molecule has 4 heteroatoms. The first kappa shape index (κ1) is 14.4. The standard InChI is InChI=1S/C12H22O2S2/c1-10(13)7-15-8-11(14)9-16-12-5-3-2-4-6-12/h11-12,14H,2-9H2,1H3. The van der Waals surface area contributed by atoms with Crippen LogP contribution in [-0.4, -0.2) is 39.5 Å². The molecule has 1 rings (SSSR count). The maximum atomic E-state index is 10.7. The lowest BCUT2D eigenvalue weighted by molar-refractivity contribution is -0.114. The Balaban J connectivity index is 2.00. The summed E-state index contributed by atoms with van der Waals surface area (Å²) >= 11 is 3.46. The molecule has 0 aromatic rings. The van der Waals surface area contributed by atoms with Gasteiger partial charge in [0.1, 0.15) is 5.78 Å². The first-order chi connectivity index (χ1) is 7.68. The van der Waals surface area contributed by atoms with Crippen LogP contribution in [-0.2, 0) is 4.79 Å². The molecule has 1 unspecified atom stereocenters. The van der Waals surface area contributed by atoms with Crippen LogP contribution in [0.2, 0.25) is 0 Å². The highest BCUT2D eigenvalue weighted by molar-refractivity contribution is 8.00. The van der Waals surface area contributed by atoms with E-state index < -0.39 is 0 Å². The fourth-order valence-electron chi connectivity index (χ4n) is 1.87. The van der Waals surface area contributed by atoms with Gasteiger partial charge in [0.15, 0.2) is 0 Å². The predicted molar refractivity (Wildman–Crippen MR) is 73.3 cm³/mol. The van der Waals surface area contributed by atoms with E-state index >= 15 is 0 Å². The van der Waals surface area contributed by atoms with Gasteiger partial charge in [-0.3, -0.25) is 4.79 Å². The molecular weight excluding hydrogens is 240 g/mol. The lowest BCUT2D eigenvalue weighted by Crippen LogP contribution is -2.18. The number of aliphatic hydroxyl groups excluding tert-OH is 1. The maximum absolute atomic E-state index is 10.7. The summed E-state index contributed by atoms with van der Waals surface area (Å²) in [7, 11) is 0. The second-order valence-corrected chi connectivity index (χ2v) is 6.83. The number of hydrogen-bond donors (Lipinski definition) is 1. The monoisotopic (exact) mass is 262 g/mol. The summed E-state index contributed by atoms with van der Waals surface area (Å²) in [4.78, 5) is 10.7. The summed E-state index contributed by atoms with van der Waals surface area (Å²) in [5.41, 5.74) is 0. The van der Waals surface area contributed by atoms with Gasteiger partial charge in [0.05, 0.1) is 11.9 Å². The number of ketones is 1. The molecule has 0 saturated heterocycles. The average molecular weight is 262 g/mol. The van der Waals surface area contributed by atoms with E-state index in [0.717, 1.165) is 11.0 Å². The zero-order valence-electron chi connectivity index (χ0n) is 9.98. The van der Waals surface area contributed by atoms with E-state index in [-0.39, 0.29) is 11.9 Å². The van der Waals surface area contributed by atoms with Crippen molar-refractivity contribution in [1.82, 2.24) is 0 Å². The van der Waals surface area contributed by atoms with Crippen molar-refractivity contribution in [1.29, 1.82) is 0 Å². The Labute approximate surface area is 107 Å². The van der Waals surface area contributed by atoms with E-state index in [1.807, 2.05) is 11.8 Å². The minimum Gasteiger partial charge on any atom is -0.391 e. The van der Waals surface area contributed by atoms with Crippen LogP contribution in [0.1, 0.15) is 39.0 Å². The van der Waals surface area contributed by atoms with Crippen LogP contribution in [0.3, 0.4) is 0 Å². The van der Waals surface area contributed by atoms with Gasteiger partial charge in [0, 0.05) is 16.8 Å². The number of carbonyl (C=O) groups excluding carboxylic acids is 1. The maximum Gasteiger partial charge on any atom is 0.139 e. The van der Waals surface area contributed by atoms with Crippen LogP contribution in [0, 0.1) is 0 Å². The van der Waals surface area contributed by atoms with Gasteiger partial charge >= 0.3 is 0 Å². The van der Waals surface area contributed by atoms with Crippen molar-refractivity contribution < 1.29 is 9.90 Å². The highest BCUT2D eigenvalue weighted by Crippen LogP contribution is 2.28. The Morgan fingerprint density at radius 1 is 1.31 bits per heavy atom. The largest absolute Gasteiger partial charge is 0.391 e. The Morgan fingerprint density at radius 3 is 2.62 bits per heavy atom. The van der Waals surface area contributed by atoms with Gasteiger partial charge < -0.3 is 5.11 Å². The lowest BCUT2D eigenvalue weighted by Gasteiger charge is -2.22. The summed E-state index contributed by atoms with van der Waals surface area (Å²) in [6.45, 7) is 1.59. The first-order valence-electron chi connectivity index (χ1n) is 6.05. The zero-order valence-corrected chi connectivity index (χ0v) is 11.6. The molecule has 2 nitrogen and oxygen atoms in total. The molecular formula is C12H22O2S2. The molecule has 1 aliphatic carbocycles. The summed E-state index contributed by atoms with van der Waals surface area (Å²) in [6.07, 6.45) is 6.47. The van der Waals surface area contributed by atoms with Crippen molar-refractivity contribution in [3.05, 3.63) is 0 Å². The van der Waals surface area contributed by atoms with E-state index in [4.69, 9.17) is 0 Å². The molecule has 0 radical (unpaired) electrons. The molecule has 0 aromatic carbocycles. The SMILES string of the molecule is CC(=O)CSCC(O)CSC1CCCCC1. The van der Waals surface area contributed by atoms with E-state index in [1.54, 1.807) is 18.7 Å². The molecule has 94 valence electrons. The third-order valence-corrected chi connectivity index (χ3v) is 5.44. The van der Waals surface area contributed by atoms with Crippen molar-refractivity contribution in [3.8, 4) is 0 Å². The van der Waals surface area contributed by atoms with Crippen molar-refractivity contribution >= 4 is 29.3 Å². The minimum atomic E-state index is -0.253. The highest BCUT2D eigenvalue weighted by Gasteiger charge is 2.15. The minimum absolute atomic E-state index is 0.192. The number of Topliss-reactive ketones (excluding diaryl/α,β-unsaturated/α-hetero) is 1. The zero-order chi connectivity index (χ0) is 11.8. The average Bonchev–Trinajstić information content (AvgIpc) is 2.27. The predicted octanol–water partition coefficient (Wildman–Crippen LogP) is 2.74. The van der Waals surface area contributed by atoms with Crippen LogP contribution in [0.4, 0.5) is 0 Å². The molecule has 1 atom stereocenters. The fourth-order valence-corrected chi connectivity index (χ4v) is 4.09. The van der Waals surface area contributed by atoms with E-state index in [1.165, 1.54) is 32.1 Å². The Hall–Kier alpha value is 0.330. The molecule has 1 saturated carbocycles. The quantitative estimate of drug-likeness (QED) is 0.765. The number of aliphatic hydroxyl groups is 1. The molecule has 0 bridgehead atoms. The molecule has 0 spiro atoms. The second-order valence-electron chi connectivity index (χ2n) is 4.46. The topological polar surface area (TPSA) is 37.3 Å². The molecule has 0 aromatic heterocycles.